The number of aromatic nitrogens is 3. The number of rotatable bonds is 7. The predicted molar refractivity (Wildman–Crippen MR) is 138 cm³/mol. The second kappa shape index (κ2) is 9.42. The molecule has 0 saturated heterocycles. The molecule has 1 aromatic carbocycles. The molecule has 3 aromatic heterocycles. The lowest BCUT2D eigenvalue weighted by Gasteiger charge is -2.35. The largest absolute Gasteiger partial charge is 0.439 e. The first-order valence-corrected chi connectivity index (χ1v) is 11.9. The van der Waals surface area contributed by atoms with Crippen molar-refractivity contribution in [2.45, 2.75) is 32.4 Å². The normalized spacial score (nSPS) is 17.9. The minimum absolute atomic E-state index is 0.185. The van der Waals surface area contributed by atoms with E-state index < -0.39 is 11.6 Å². The zero-order chi connectivity index (χ0) is 25.4. The second-order valence-electron chi connectivity index (χ2n) is 8.92. The van der Waals surface area contributed by atoms with Crippen molar-refractivity contribution in [2.75, 3.05) is 23.8 Å². The number of benzene rings is 1. The van der Waals surface area contributed by atoms with Crippen LogP contribution in [0.2, 0.25) is 5.02 Å². The fraction of sp³-hybridized carbons (Fsp3) is 0.269. The van der Waals surface area contributed by atoms with Crippen molar-refractivity contribution in [3.63, 3.8) is 0 Å². The van der Waals surface area contributed by atoms with Gasteiger partial charge in [-0.3, -0.25) is 4.79 Å². The van der Waals surface area contributed by atoms with Crippen LogP contribution in [-0.4, -0.2) is 44.7 Å². The zero-order valence-electron chi connectivity index (χ0n) is 20.1. The molecule has 9 nitrogen and oxygen atoms in total. The number of amides is 1. The van der Waals surface area contributed by atoms with Crippen LogP contribution in [0.3, 0.4) is 0 Å². The molecule has 0 radical (unpaired) electrons. The number of aryl methyl sites for hydroxylation is 1. The zero-order valence-corrected chi connectivity index (χ0v) is 20.8. The molecule has 0 fully saturated rings. The second-order valence-corrected chi connectivity index (χ2v) is 9.33. The topological polar surface area (TPSA) is 121 Å². The SMILES string of the molecule is CCOC[C@]1(C)Nc2c(cnc3[nH]cc(C(O)c4ccc(Oc5cc(C)ccn5)cc4Cl)c23)NC1=O. The Bertz CT molecular complexity index is 1460. The maximum absolute atomic E-state index is 12.8. The maximum Gasteiger partial charge on any atom is 0.252 e. The number of carbonyl (C=O) groups excluding carboxylic acids is 1. The monoisotopic (exact) mass is 507 g/mol. The third-order valence-electron chi connectivity index (χ3n) is 6.15. The molecular formula is C26H26ClN5O4. The van der Waals surface area contributed by atoms with Crippen LogP contribution in [0.25, 0.3) is 11.0 Å². The Kier molecular flexibility index (Phi) is 6.29. The number of halogens is 1. The van der Waals surface area contributed by atoms with Crippen molar-refractivity contribution in [3.05, 3.63) is 70.6 Å². The van der Waals surface area contributed by atoms with Crippen LogP contribution >= 0.6 is 11.6 Å². The van der Waals surface area contributed by atoms with Gasteiger partial charge in [-0.15, -0.1) is 0 Å². The number of pyridine rings is 2. The summed E-state index contributed by atoms with van der Waals surface area (Å²) in [6.07, 6.45) is 3.88. The number of fused-ring (bicyclic) bond motifs is 3. The number of nitrogens with zero attached hydrogens (tertiary/aromatic N) is 2. The van der Waals surface area contributed by atoms with Crippen LogP contribution in [-0.2, 0) is 9.53 Å². The molecule has 5 rings (SSSR count). The molecule has 1 amide bonds. The van der Waals surface area contributed by atoms with Crippen molar-refractivity contribution < 1.29 is 19.4 Å². The summed E-state index contributed by atoms with van der Waals surface area (Å²) in [5, 5.41) is 18.6. The molecule has 36 heavy (non-hydrogen) atoms. The predicted octanol–water partition coefficient (Wildman–Crippen LogP) is 4.95. The molecule has 4 aromatic rings. The van der Waals surface area contributed by atoms with Crippen LogP contribution in [0.1, 0.15) is 36.6 Å². The molecule has 0 aliphatic carbocycles. The van der Waals surface area contributed by atoms with E-state index >= 15 is 0 Å². The summed E-state index contributed by atoms with van der Waals surface area (Å²) >= 11 is 6.58. The van der Waals surface area contributed by atoms with Gasteiger partial charge >= 0.3 is 0 Å². The average molecular weight is 508 g/mol. The number of carbonyl (C=O) groups is 1. The third kappa shape index (κ3) is 4.37. The van der Waals surface area contributed by atoms with E-state index in [-0.39, 0.29) is 12.5 Å². The molecule has 0 saturated carbocycles. The number of aromatic amines is 1. The minimum atomic E-state index is -1.07. The van der Waals surface area contributed by atoms with E-state index in [9.17, 15) is 9.90 Å². The summed E-state index contributed by atoms with van der Waals surface area (Å²) in [6.45, 7) is 6.27. The average Bonchev–Trinajstić information content (AvgIpc) is 3.28. The number of nitrogens with one attached hydrogen (secondary N) is 3. The van der Waals surface area contributed by atoms with Crippen molar-refractivity contribution in [2.24, 2.45) is 0 Å². The molecule has 1 aliphatic heterocycles. The van der Waals surface area contributed by atoms with E-state index in [0.29, 0.717) is 56.8 Å². The van der Waals surface area contributed by atoms with Crippen LogP contribution < -0.4 is 15.4 Å². The number of H-pyrrole nitrogens is 1. The Morgan fingerprint density at radius 3 is 2.78 bits per heavy atom. The van der Waals surface area contributed by atoms with Crippen LogP contribution in [0, 0.1) is 6.92 Å². The summed E-state index contributed by atoms with van der Waals surface area (Å²) in [4.78, 5) is 24.5. The van der Waals surface area contributed by atoms with Gasteiger partial charge in [0.05, 0.1) is 34.6 Å². The maximum atomic E-state index is 12.8. The summed E-state index contributed by atoms with van der Waals surface area (Å²) in [7, 11) is 0. The van der Waals surface area contributed by atoms with Gasteiger partial charge in [-0.25, -0.2) is 9.97 Å². The van der Waals surface area contributed by atoms with Gasteiger partial charge in [-0.05, 0) is 44.5 Å². The standard InChI is InChI=1S/C26H26ClN5O4/c1-4-35-13-26(3)25(34)31-19-12-30-24-21(22(19)32-26)17(11-29-24)23(33)16-6-5-15(10-18(16)27)36-20-9-14(2)7-8-28-20/h5-12,23,32-33H,4,13H2,1-3H3,(H,29,30)(H,31,34)/t23?,26-/m0/s1. The van der Waals surface area contributed by atoms with Gasteiger partial charge in [0.15, 0.2) is 0 Å². The first kappa shape index (κ1) is 24.1. The van der Waals surface area contributed by atoms with Gasteiger partial charge < -0.3 is 30.2 Å². The first-order chi connectivity index (χ1) is 17.3. The van der Waals surface area contributed by atoms with Gasteiger partial charge in [0.2, 0.25) is 5.88 Å². The Morgan fingerprint density at radius 2 is 2.03 bits per heavy atom. The molecule has 0 bridgehead atoms. The third-order valence-corrected chi connectivity index (χ3v) is 6.48. The van der Waals surface area contributed by atoms with Crippen LogP contribution in [0.15, 0.2) is 48.9 Å². The number of anilines is 2. The highest BCUT2D eigenvalue weighted by atomic mass is 35.5. The summed E-state index contributed by atoms with van der Waals surface area (Å²) in [6, 6.07) is 8.80. The number of hydrogen-bond donors (Lipinski definition) is 4. The summed E-state index contributed by atoms with van der Waals surface area (Å²) in [5.41, 5.74) is 2.83. The Balaban J connectivity index is 1.49. The van der Waals surface area contributed by atoms with E-state index in [2.05, 4.69) is 25.6 Å². The van der Waals surface area contributed by atoms with E-state index in [0.717, 1.165) is 5.56 Å². The fourth-order valence-electron chi connectivity index (χ4n) is 4.21. The van der Waals surface area contributed by atoms with Crippen LogP contribution in [0.5, 0.6) is 11.6 Å². The lowest BCUT2D eigenvalue weighted by molar-refractivity contribution is -0.122. The minimum Gasteiger partial charge on any atom is -0.439 e. The van der Waals surface area contributed by atoms with Gasteiger partial charge in [-0.1, -0.05) is 17.7 Å². The summed E-state index contributed by atoms with van der Waals surface area (Å²) in [5.74, 6) is 0.740. The number of hydrogen-bond acceptors (Lipinski definition) is 7. The van der Waals surface area contributed by atoms with Crippen molar-refractivity contribution in [1.82, 2.24) is 15.0 Å². The van der Waals surface area contributed by atoms with Gasteiger partial charge in [-0.2, -0.15) is 0 Å². The van der Waals surface area contributed by atoms with Crippen molar-refractivity contribution in [3.8, 4) is 11.6 Å². The number of aliphatic hydroxyl groups excluding tert-OH is 1. The van der Waals surface area contributed by atoms with Crippen LogP contribution in [0.4, 0.5) is 11.4 Å². The summed E-state index contributed by atoms with van der Waals surface area (Å²) < 4.78 is 11.4. The van der Waals surface area contributed by atoms with Gasteiger partial charge in [0.1, 0.15) is 23.0 Å². The van der Waals surface area contributed by atoms with E-state index in [1.54, 1.807) is 43.7 Å². The molecule has 4 heterocycles. The van der Waals surface area contributed by atoms with Gasteiger partial charge in [0, 0.05) is 36.2 Å². The fourth-order valence-corrected chi connectivity index (χ4v) is 4.48. The smallest absolute Gasteiger partial charge is 0.252 e. The molecule has 0 spiro atoms. The molecule has 10 heteroatoms. The van der Waals surface area contributed by atoms with E-state index in [1.807, 2.05) is 26.0 Å². The number of ether oxygens (including phenoxy) is 2. The Labute approximate surface area is 212 Å². The van der Waals surface area contributed by atoms with E-state index in [1.165, 1.54) is 0 Å². The molecule has 1 aliphatic rings. The Hall–Kier alpha value is -3.66. The molecule has 2 atom stereocenters. The lowest BCUT2D eigenvalue weighted by atomic mass is 9.95. The first-order valence-electron chi connectivity index (χ1n) is 11.5. The van der Waals surface area contributed by atoms with Crippen molar-refractivity contribution >= 4 is 39.9 Å². The van der Waals surface area contributed by atoms with E-state index in [4.69, 9.17) is 21.1 Å². The molecule has 4 N–H and O–H groups in total. The molecular weight excluding hydrogens is 482 g/mol. The lowest BCUT2D eigenvalue weighted by Crippen LogP contribution is -2.53. The number of aliphatic hydroxyl groups is 1. The molecule has 186 valence electrons. The quantitative estimate of drug-likeness (QED) is 0.279. The molecule has 1 unspecified atom stereocenters. The Morgan fingerprint density at radius 1 is 1.19 bits per heavy atom. The van der Waals surface area contributed by atoms with Gasteiger partial charge in [0.25, 0.3) is 5.91 Å². The highest BCUT2D eigenvalue weighted by Gasteiger charge is 2.39. The highest BCUT2D eigenvalue weighted by molar-refractivity contribution is 6.31. The van der Waals surface area contributed by atoms with Crippen molar-refractivity contribution in [1.29, 1.82) is 0 Å². The highest BCUT2D eigenvalue weighted by Crippen LogP contribution is 2.42.